The number of methoxy groups -OCH3 is 2. The van der Waals surface area contributed by atoms with Crippen LogP contribution < -0.4 is 15.4 Å². The van der Waals surface area contributed by atoms with E-state index in [1.54, 1.807) is 26.6 Å². The summed E-state index contributed by atoms with van der Waals surface area (Å²) < 4.78 is 10.8. The van der Waals surface area contributed by atoms with Crippen molar-refractivity contribution in [2.45, 2.75) is 18.3 Å². The molecular formula is C26H31ClN6O3. The van der Waals surface area contributed by atoms with E-state index in [2.05, 4.69) is 25.5 Å². The monoisotopic (exact) mass is 510 g/mol. The van der Waals surface area contributed by atoms with Crippen LogP contribution in [0, 0.1) is 0 Å². The highest BCUT2D eigenvalue weighted by Crippen LogP contribution is 2.40. The SMILES string of the molecule is COCCN1CC(c2cc(OC)c(Nc3nccc(-c4cnc5c(c4)C(C)(CO)CN5)n3)cc2Cl)C1. The molecule has 1 aromatic carbocycles. The first-order valence-electron chi connectivity index (χ1n) is 12.0. The molecule has 3 aromatic rings. The summed E-state index contributed by atoms with van der Waals surface area (Å²) in [5, 5.41) is 17.1. The molecule has 2 aliphatic heterocycles. The Morgan fingerprint density at radius 2 is 2.08 bits per heavy atom. The number of hydrogen-bond donors (Lipinski definition) is 3. The lowest BCUT2D eigenvalue weighted by atomic mass is 9.85. The molecule has 1 atom stereocenters. The maximum atomic E-state index is 9.90. The molecule has 9 nitrogen and oxygen atoms in total. The number of aromatic nitrogens is 3. The first kappa shape index (κ1) is 24.7. The number of nitrogens with zero attached hydrogens (tertiary/aromatic N) is 4. The van der Waals surface area contributed by atoms with Gasteiger partial charge in [-0.25, -0.2) is 15.0 Å². The van der Waals surface area contributed by atoms with Crippen LogP contribution in [0.2, 0.25) is 5.02 Å². The third-order valence-corrected chi connectivity index (χ3v) is 7.39. The Hall–Kier alpha value is -2.98. The average molecular weight is 511 g/mol. The van der Waals surface area contributed by atoms with Crippen molar-refractivity contribution in [3.8, 4) is 17.0 Å². The lowest BCUT2D eigenvalue weighted by Crippen LogP contribution is -2.46. The van der Waals surface area contributed by atoms with Crippen LogP contribution in [-0.2, 0) is 10.2 Å². The van der Waals surface area contributed by atoms with Gasteiger partial charge < -0.3 is 25.2 Å². The first-order chi connectivity index (χ1) is 17.4. The molecule has 1 fully saturated rings. The zero-order chi connectivity index (χ0) is 25.3. The number of nitrogens with one attached hydrogen (secondary N) is 2. The average Bonchev–Trinajstić information content (AvgIpc) is 3.21. The third-order valence-electron chi connectivity index (χ3n) is 7.06. The Morgan fingerprint density at radius 3 is 2.83 bits per heavy atom. The summed E-state index contributed by atoms with van der Waals surface area (Å²) >= 11 is 6.69. The quantitative estimate of drug-likeness (QED) is 0.397. The highest BCUT2D eigenvalue weighted by molar-refractivity contribution is 6.31. The maximum absolute atomic E-state index is 9.90. The van der Waals surface area contributed by atoms with Crippen molar-refractivity contribution in [3.05, 3.63) is 52.8 Å². The van der Waals surface area contributed by atoms with E-state index in [4.69, 9.17) is 26.1 Å². The molecule has 5 rings (SSSR count). The van der Waals surface area contributed by atoms with Gasteiger partial charge in [-0.2, -0.15) is 0 Å². The molecule has 1 saturated heterocycles. The van der Waals surface area contributed by atoms with E-state index in [1.807, 2.05) is 31.2 Å². The molecule has 2 aliphatic rings. The topological polar surface area (TPSA) is 105 Å². The standard InChI is InChI=1S/C26H31ClN6O3/c1-26(15-34)14-30-24-19(26)8-16(11-29-24)21-4-5-28-25(31-21)32-22-10-20(27)18(9-23(22)36-3)17-12-33(13-17)6-7-35-2/h4-5,8-11,17,34H,6-7,12-15H2,1-3H3,(H,29,30)(H,28,31,32). The Labute approximate surface area is 215 Å². The molecule has 1 unspecified atom stereocenters. The molecule has 0 saturated carbocycles. The van der Waals surface area contributed by atoms with Crippen LogP contribution >= 0.6 is 11.6 Å². The third kappa shape index (κ3) is 4.71. The second-order valence-electron chi connectivity index (χ2n) is 9.61. The normalized spacial score (nSPS) is 19.5. The van der Waals surface area contributed by atoms with Gasteiger partial charge in [0.25, 0.3) is 0 Å². The van der Waals surface area contributed by atoms with Crippen molar-refractivity contribution in [3.63, 3.8) is 0 Å². The molecule has 0 spiro atoms. The number of pyridine rings is 1. The molecule has 36 heavy (non-hydrogen) atoms. The zero-order valence-corrected chi connectivity index (χ0v) is 21.5. The predicted octanol–water partition coefficient (Wildman–Crippen LogP) is 3.67. The highest BCUT2D eigenvalue weighted by Gasteiger charge is 2.35. The van der Waals surface area contributed by atoms with Crippen molar-refractivity contribution in [1.29, 1.82) is 0 Å². The molecule has 2 aromatic heterocycles. The van der Waals surface area contributed by atoms with E-state index < -0.39 is 0 Å². The molecule has 0 bridgehead atoms. The van der Waals surface area contributed by atoms with Crippen molar-refractivity contribution in [2.24, 2.45) is 0 Å². The molecule has 3 N–H and O–H groups in total. The lowest BCUT2D eigenvalue weighted by Gasteiger charge is -2.40. The molecular weight excluding hydrogens is 480 g/mol. The Balaban J connectivity index is 1.36. The van der Waals surface area contributed by atoms with E-state index in [-0.39, 0.29) is 12.0 Å². The van der Waals surface area contributed by atoms with E-state index in [1.165, 1.54) is 0 Å². The largest absolute Gasteiger partial charge is 0.495 e. The van der Waals surface area contributed by atoms with Crippen molar-refractivity contribution in [1.82, 2.24) is 19.9 Å². The van der Waals surface area contributed by atoms with E-state index in [0.717, 1.165) is 54.4 Å². The number of anilines is 3. The van der Waals surface area contributed by atoms with Crippen molar-refractivity contribution >= 4 is 29.1 Å². The fourth-order valence-corrected chi connectivity index (χ4v) is 5.06. The number of aliphatic hydroxyl groups is 1. The molecule has 4 heterocycles. The van der Waals surface area contributed by atoms with E-state index >= 15 is 0 Å². The number of fused-ring (bicyclic) bond motifs is 1. The summed E-state index contributed by atoms with van der Waals surface area (Å²) in [6.45, 7) is 6.25. The zero-order valence-electron chi connectivity index (χ0n) is 20.7. The summed E-state index contributed by atoms with van der Waals surface area (Å²) in [5.41, 5.74) is 3.96. The number of benzene rings is 1. The number of aliphatic hydroxyl groups excluding tert-OH is 1. The smallest absolute Gasteiger partial charge is 0.227 e. The van der Waals surface area contributed by atoms with Crippen LogP contribution in [-0.4, -0.2) is 78.6 Å². The Bertz CT molecular complexity index is 1250. The van der Waals surface area contributed by atoms with E-state index in [0.29, 0.717) is 34.9 Å². The van der Waals surface area contributed by atoms with Gasteiger partial charge in [-0.1, -0.05) is 18.5 Å². The molecule has 0 radical (unpaired) electrons. The van der Waals surface area contributed by atoms with Crippen LogP contribution in [0.25, 0.3) is 11.3 Å². The summed E-state index contributed by atoms with van der Waals surface area (Å²) in [6.07, 6.45) is 3.48. The van der Waals surface area contributed by atoms with Gasteiger partial charge in [0, 0.05) is 73.2 Å². The minimum absolute atomic E-state index is 0.0390. The van der Waals surface area contributed by atoms with Crippen LogP contribution in [0.5, 0.6) is 5.75 Å². The van der Waals surface area contributed by atoms with Crippen LogP contribution in [0.3, 0.4) is 0 Å². The lowest BCUT2D eigenvalue weighted by molar-refractivity contribution is 0.0942. The van der Waals surface area contributed by atoms with Gasteiger partial charge in [0.05, 0.1) is 31.7 Å². The molecule has 190 valence electrons. The number of ether oxygens (including phenoxy) is 2. The number of rotatable bonds is 9. The predicted molar refractivity (Wildman–Crippen MR) is 141 cm³/mol. The van der Waals surface area contributed by atoms with Gasteiger partial charge in [-0.05, 0) is 29.8 Å². The number of halogens is 1. The molecule has 0 amide bonds. The molecule has 0 aliphatic carbocycles. The van der Waals surface area contributed by atoms with Gasteiger partial charge in [-0.3, -0.25) is 4.90 Å². The van der Waals surface area contributed by atoms with Crippen LogP contribution in [0.4, 0.5) is 17.5 Å². The summed E-state index contributed by atoms with van der Waals surface area (Å²) in [6, 6.07) is 7.75. The fourth-order valence-electron chi connectivity index (χ4n) is 4.74. The van der Waals surface area contributed by atoms with Gasteiger partial charge in [0.1, 0.15) is 11.6 Å². The van der Waals surface area contributed by atoms with Gasteiger partial charge >= 0.3 is 0 Å². The minimum atomic E-state index is -0.375. The minimum Gasteiger partial charge on any atom is -0.495 e. The first-order valence-corrected chi connectivity index (χ1v) is 12.4. The highest BCUT2D eigenvalue weighted by atomic mass is 35.5. The number of hydrogen-bond acceptors (Lipinski definition) is 9. The van der Waals surface area contributed by atoms with Gasteiger partial charge in [-0.15, -0.1) is 0 Å². The van der Waals surface area contributed by atoms with Crippen molar-refractivity contribution in [2.75, 3.05) is 64.2 Å². The Kier molecular flexibility index (Phi) is 6.98. The van der Waals surface area contributed by atoms with Gasteiger partial charge in [0.15, 0.2) is 0 Å². The summed E-state index contributed by atoms with van der Waals surface area (Å²) in [7, 11) is 3.36. The maximum Gasteiger partial charge on any atom is 0.227 e. The van der Waals surface area contributed by atoms with E-state index in [9.17, 15) is 5.11 Å². The number of likely N-dealkylation sites (tertiary alicyclic amines) is 1. The van der Waals surface area contributed by atoms with Crippen LogP contribution in [0.1, 0.15) is 24.0 Å². The summed E-state index contributed by atoms with van der Waals surface area (Å²) in [4.78, 5) is 16.0. The van der Waals surface area contributed by atoms with Crippen LogP contribution in [0.15, 0.2) is 36.7 Å². The second kappa shape index (κ2) is 10.2. The van der Waals surface area contributed by atoms with Gasteiger partial charge in [0.2, 0.25) is 5.95 Å². The molecule has 10 heteroatoms. The van der Waals surface area contributed by atoms with Crippen molar-refractivity contribution < 1.29 is 14.6 Å². The second-order valence-corrected chi connectivity index (χ2v) is 10.0. The fraction of sp³-hybridized carbons (Fsp3) is 0.423. The summed E-state index contributed by atoms with van der Waals surface area (Å²) in [5.74, 6) is 2.27. The Morgan fingerprint density at radius 1 is 1.25 bits per heavy atom.